The molecule has 2 radical (unpaired) electrons. The maximum atomic E-state index is 12.3. The van der Waals surface area contributed by atoms with Gasteiger partial charge in [-0.25, -0.2) is 9.65 Å². The molecule has 2 aliphatic heterocycles. The van der Waals surface area contributed by atoms with Crippen molar-refractivity contribution in [2.24, 2.45) is 0 Å². The second kappa shape index (κ2) is 8.40. The van der Waals surface area contributed by atoms with Gasteiger partial charge in [0, 0.05) is 25.2 Å². The number of ether oxygens (including phenoxy) is 3. The first-order chi connectivity index (χ1) is 10.8. The molecule has 0 aliphatic carbocycles. The normalized spacial score (nSPS) is 40.3. The predicted octanol–water partition coefficient (Wildman–Crippen LogP) is -0.243. The van der Waals surface area contributed by atoms with Crippen molar-refractivity contribution in [3.63, 3.8) is 0 Å². The number of methoxy groups -OCH3 is 1. The average Bonchev–Trinajstić information content (AvgIpc) is 2.99. The maximum Gasteiger partial charge on any atom is 0.403 e. The quantitative estimate of drug-likeness (QED) is 0.408. The van der Waals surface area contributed by atoms with Crippen molar-refractivity contribution < 1.29 is 28.2 Å². The summed E-state index contributed by atoms with van der Waals surface area (Å²) in [6.07, 6.45) is 0.716. The zero-order valence-electron chi connectivity index (χ0n) is 13.8. The molecule has 2 heterocycles. The van der Waals surface area contributed by atoms with Gasteiger partial charge in [-0.15, -0.1) is 0 Å². The Kier molecular flexibility index (Phi) is 7.07. The summed E-state index contributed by atoms with van der Waals surface area (Å²) in [5.74, 6) is 0. The molecule has 2 aliphatic rings. The summed E-state index contributed by atoms with van der Waals surface area (Å²) in [5.41, 5.74) is 0. The second-order valence-electron chi connectivity index (χ2n) is 6.07. The third-order valence-corrected chi connectivity index (χ3v) is 5.33. The molecule has 0 saturated carbocycles. The van der Waals surface area contributed by atoms with Gasteiger partial charge in [0.25, 0.3) is 0 Å². The molecule has 0 spiro atoms. The molecule has 2 saturated heterocycles. The number of hydrogen-bond acceptors (Lipinski definition) is 6. The fourth-order valence-corrected chi connectivity index (χ4v) is 4.19. The zero-order chi connectivity index (χ0) is 17.0. The van der Waals surface area contributed by atoms with Gasteiger partial charge < -0.3 is 24.4 Å². The number of hydrogen-bond donors (Lipinski definition) is 3. The van der Waals surface area contributed by atoms with E-state index in [2.05, 4.69) is 10.4 Å². The molecule has 0 aromatic rings. The Hall–Kier alpha value is 0.0149. The molecular formula is C13H26BN2O6P. The van der Waals surface area contributed by atoms with Crippen LogP contribution in [0.5, 0.6) is 0 Å². The van der Waals surface area contributed by atoms with E-state index >= 15 is 0 Å². The Labute approximate surface area is 138 Å². The van der Waals surface area contributed by atoms with Crippen LogP contribution in [0, 0.1) is 0 Å². The average molecular weight is 348 g/mol. The largest absolute Gasteiger partial charge is 0.403 e. The summed E-state index contributed by atoms with van der Waals surface area (Å²) >= 11 is 0. The molecule has 8 nitrogen and oxygen atoms in total. The Morgan fingerprint density at radius 1 is 1.26 bits per heavy atom. The lowest BCUT2D eigenvalue weighted by atomic mass is 9.95. The SMILES string of the molecule is [B][C@H]1C[C@H](NP(=O)(O)OC[C@H]2O[C@@H](C)C[C@@H]2NC)[C@@H](COC)O1. The molecular weight excluding hydrogens is 322 g/mol. The van der Waals surface area contributed by atoms with Crippen molar-refractivity contribution in [3.8, 4) is 0 Å². The monoisotopic (exact) mass is 348 g/mol. The van der Waals surface area contributed by atoms with Crippen molar-refractivity contribution in [2.75, 3.05) is 27.4 Å². The van der Waals surface area contributed by atoms with E-state index in [-0.39, 0.29) is 37.6 Å². The molecule has 10 heteroatoms. The van der Waals surface area contributed by atoms with Crippen LogP contribution in [0.25, 0.3) is 0 Å². The van der Waals surface area contributed by atoms with Gasteiger partial charge in [0.1, 0.15) is 7.85 Å². The van der Waals surface area contributed by atoms with Gasteiger partial charge in [-0.05, 0) is 26.8 Å². The number of likely N-dealkylation sites (N-methyl/N-ethyl adjacent to an activating group) is 1. The minimum Gasteiger partial charge on any atom is -0.382 e. The summed E-state index contributed by atoms with van der Waals surface area (Å²) in [4.78, 5) is 10.0. The van der Waals surface area contributed by atoms with Crippen LogP contribution in [0.3, 0.4) is 0 Å². The summed E-state index contributed by atoms with van der Waals surface area (Å²) in [6, 6.07) is -0.779. The van der Waals surface area contributed by atoms with Crippen LogP contribution < -0.4 is 10.4 Å². The van der Waals surface area contributed by atoms with Gasteiger partial charge in [0.15, 0.2) is 0 Å². The minimum atomic E-state index is -3.99. The first kappa shape index (κ1) is 19.3. The highest BCUT2D eigenvalue weighted by molar-refractivity contribution is 7.50. The Balaban J connectivity index is 1.85. The smallest absolute Gasteiger partial charge is 0.382 e. The van der Waals surface area contributed by atoms with E-state index in [1.54, 1.807) is 0 Å². The Morgan fingerprint density at radius 3 is 2.61 bits per heavy atom. The molecule has 0 bridgehead atoms. The molecule has 132 valence electrons. The molecule has 3 N–H and O–H groups in total. The van der Waals surface area contributed by atoms with Gasteiger partial charge in [0.05, 0.1) is 31.5 Å². The van der Waals surface area contributed by atoms with Crippen LogP contribution in [0.2, 0.25) is 0 Å². The summed E-state index contributed by atoms with van der Waals surface area (Å²) in [7, 11) is 5.12. The van der Waals surface area contributed by atoms with Crippen molar-refractivity contribution in [1.82, 2.24) is 10.4 Å². The summed E-state index contributed by atoms with van der Waals surface area (Å²) in [5, 5.41) is 5.75. The van der Waals surface area contributed by atoms with E-state index in [9.17, 15) is 9.46 Å². The lowest BCUT2D eigenvalue weighted by Gasteiger charge is -2.24. The van der Waals surface area contributed by atoms with Crippen LogP contribution in [0.4, 0.5) is 0 Å². The van der Waals surface area contributed by atoms with E-state index in [4.69, 9.17) is 26.6 Å². The fraction of sp³-hybridized carbons (Fsp3) is 1.00. The van der Waals surface area contributed by atoms with Crippen LogP contribution in [-0.4, -0.2) is 76.5 Å². The van der Waals surface area contributed by atoms with Crippen molar-refractivity contribution in [1.29, 1.82) is 0 Å². The number of nitrogens with one attached hydrogen (secondary N) is 2. The highest BCUT2D eigenvalue weighted by Crippen LogP contribution is 2.40. The predicted molar refractivity (Wildman–Crippen MR) is 85.4 cm³/mol. The van der Waals surface area contributed by atoms with Crippen LogP contribution in [0.1, 0.15) is 19.8 Å². The van der Waals surface area contributed by atoms with E-state index < -0.39 is 19.8 Å². The van der Waals surface area contributed by atoms with Crippen LogP contribution in [-0.2, 0) is 23.3 Å². The van der Waals surface area contributed by atoms with E-state index in [0.29, 0.717) is 6.42 Å². The van der Waals surface area contributed by atoms with Gasteiger partial charge in [-0.1, -0.05) is 0 Å². The third kappa shape index (κ3) is 5.51. The Bertz CT molecular complexity index is 431. The Morgan fingerprint density at radius 2 is 1.96 bits per heavy atom. The van der Waals surface area contributed by atoms with Crippen LogP contribution in [0.15, 0.2) is 0 Å². The zero-order valence-corrected chi connectivity index (χ0v) is 14.7. The van der Waals surface area contributed by atoms with Crippen molar-refractivity contribution in [3.05, 3.63) is 0 Å². The summed E-state index contributed by atoms with van der Waals surface area (Å²) < 4.78 is 33.7. The molecule has 0 aromatic heterocycles. The molecule has 2 fully saturated rings. The summed E-state index contributed by atoms with van der Waals surface area (Å²) in [6.45, 7) is 2.29. The van der Waals surface area contributed by atoms with Crippen molar-refractivity contribution >= 4 is 15.6 Å². The molecule has 2 rings (SSSR count). The molecule has 0 amide bonds. The topological polar surface area (TPSA) is 98.3 Å². The van der Waals surface area contributed by atoms with Gasteiger partial charge in [-0.2, -0.15) is 0 Å². The maximum absolute atomic E-state index is 12.3. The highest BCUT2D eigenvalue weighted by Gasteiger charge is 2.39. The van der Waals surface area contributed by atoms with Crippen LogP contribution >= 0.6 is 7.75 Å². The van der Waals surface area contributed by atoms with E-state index in [1.165, 1.54) is 7.11 Å². The molecule has 7 atom stereocenters. The van der Waals surface area contributed by atoms with Crippen molar-refractivity contribution in [2.45, 2.75) is 56.2 Å². The van der Waals surface area contributed by atoms with Gasteiger partial charge in [0.2, 0.25) is 0 Å². The van der Waals surface area contributed by atoms with Gasteiger partial charge in [-0.3, -0.25) is 4.52 Å². The highest BCUT2D eigenvalue weighted by atomic mass is 31.2. The van der Waals surface area contributed by atoms with E-state index in [1.807, 2.05) is 14.0 Å². The standard InChI is InChI=1S/C13H26BN2O6P/c1-8-4-9(15-2)12(21-8)7-20-23(17,18)16-10-5-13(14)22-11(10)6-19-3/h8-13,15H,4-7H2,1-3H3,(H2,16,17,18)/t8-,9-,10-,11+,12+,13+/m0/s1. The fourth-order valence-electron chi connectivity index (χ4n) is 3.07. The lowest BCUT2D eigenvalue weighted by molar-refractivity contribution is 0.0114. The van der Waals surface area contributed by atoms with E-state index in [0.717, 1.165) is 6.42 Å². The molecule has 23 heavy (non-hydrogen) atoms. The first-order valence-corrected chi connectivity index (χ1v) is 9.40. The third-order valence-electron chi connectivity index (χ3n) is 4.17. The van der Waals surface area contributed by atoms with Gasteiger partial charge >= 0.3 is 7.75 Å². The molecule has 1 unspecified atom stereocenters. The second-order valence-corrected chi connectivity index (χ2v) is 7.63. The minimum absolute atomic E-state index is 0.0329. The lowest BCUT2D eigenvalue weighted by Crippen LogP contribution is -2.39. The number of rotatable bonds is 8. The first-order valence-electron chi connectivity index (χ1n) is 7.82. The molecule has 0 aromatic carbocycles.